The molecule has 4 heteroatoms. The number of nitrogen functional groups attached to an aromatic ring is 1. The Morgan fingerprint density at radius 3 is 2.63 bits per heavy atom. The summed E-state index contributed by atoms with van der Waals surface area (Å²) in [7, 11) is 0. The third kappa shape index (κ3) is 3.01. The van der Waals surface area contributed by atoms with Crippen molar-refractivity contribution in [2.45, 2.75) is 11.8 Å². The SMILES string of the molecule is CSc1ccc(Oc2ccc(N)cc2C#N)cc1C. The summed E-state index contributed by atoms with van der Waals surface area (Å²) in [5.74, 6) is 1.24. The maximum atomic E-state index is 9.07. The van der Waals surface area contributed by atoms with Crippen LogP contribution in [0.5, 0.6) is 11.5 Å². The maximum Gasteiger partial charge on any atom is 0.145 e. The van der Waals surface area contributed by atoms with Gasteiger partial charge in [-0.1, -0.05) is 0 Å². The molecule has 0 aliphatic rings. The Labute approximate surface area is 117 Å². The van der Waals surface area contributed by atoms with Crippen LogP contribution < -0.4 is 10.5 Å². The summed E-state index contributed by atoms with van der Waals surface area (Å²) < 4.78 is 5.75. The second-order valence-corrected chi connectivity index (χ2v) is 4.95. The first kappa shape index (κ1) is 13.3. The minimum atomic E-state index is 0.437. The molecule has 0 aliphatic heterocycles. The number of aryl methyl sites for hydroxylation is 1. The Morgan fingerprint density at radius 1 is 1.21 bits per heavy atom. The van der Waals surface area contributed by atoms with Crippen molar-refractivity contribution in [1.29, 1.82) is 5.26 Å². The predicted octanol–water partition coefficient (Wildman–Crippen LogP) is 3.96. The molecule has 0 aromatic heterocycles. The average molecular weight is 270 g/mol. The lowest BCUT2D eigenvalue weighted by Crippen LogP contribution is -1.92. The fourth-order valence-electron chi connectivity index (χ4n) is 1.77. The summed E-state index contributed by atoms with van der Waals surface area (Å²) in [5.41, 5.74) is 7.79. The van der Waals surface area contributed by atoms with Gasteiger partial charge in [0.2, 0.25) is 0 Å². The molecule has 19 heavy (non-hydrogen) atoms. The molecule has 2 rings (SSSR count). The smallest absolute Gasteiger partial charge is 0.145 e. The van der Waals surface area contributed by atoms with Gasteiger partial charge in [0.05, 0.1) is 5.56 Å². The van der Waals surface area contributed by atoms with Crippen molar-refractivity contribution >= 4 is 17.4 Å². The molecule has 2 aromatic rings. The summed E-state index contributed by atoms with van der Waals surface area (Å²) >= 11 is 1.70. The summed E-state index contributed by atoms with van der Waals surface area (Å²) in [4.78, 5) is 1.21. The topological polar surface area (TPSA) is 59.0 Å². The highest BCUT2D eigenvalue weighted by atomic mass is 32.2. The number of hydrogen-bond donors (Lipinski definition) is 1. The van der Waals surface area contributed by atoms with Crippen LogP contribution in [0.4, 0.5) is 5.69 Å². The van der Waals surface area contributed by atoms with Crippen molar-refractivity contribution < 1.29 is 4.74 Å². The quantitative estimate of drug-likeness (QED) is 0.677. The van der Waals surface area contributed by atoms with Crippen molar-refractivity contribution in [1.82, 2.24) is 0 Å². The van der Waals surface area contributed by atoms with Crippen molar-refractivity contribution in [3.8, 4) is 17.6 Å². The van der Waals surface area contributed by atoms with Gasteiger partial charge in [-0.25, -0.2) is 0 Å². The Morgan fingerprint density at radius 2 is 2.00 bits per heavy atom. The van der Waals surface area contributed by atoms with E-state index < -0.39 is 0 Å². The fourth-order valence-corrected chi connectivity index (χ4v) is 2.35. The van der Waals surface area contributed by atoms with Crippen molar-refractivity contribution in [3.05, 3.63) is 47.5 Å². The van der Waals surface area contributed by atoms with E-state index in [1.807, 2.05) is 31.4 Å². The molecule has 0 heterocycles. The molecule has 0 bridgehead atoms. The van der Waals surface area contributed by atoms with Crippen LogP contribution in [0.3, 0.4) is 0 Å². The molecule has 0 unspecified atom stereocenters. The molecule has 0 saturated heterocycles. The largest absolute Gasteiger partial charge is 0.456 e. The van der Waals surface area contributed by atoms with Crippen molar-refractivity contribution in [2.24, 2.45) is 0 Å². The van der Waals surface area contributed by atoms with Gasteiger partial charge in [-0.3, -0.25) is 0 Å². The van der Waals surface area contributed by atoms with Gasteiger partial charge >= 0.3 is 0 Å². The molecule has 2 N–H and O–H groups in total. The van der Waals surface area contributed by atoms with E-state index in [4.69, 9.17) is 15.7 Å². The second-order valence-electron chi connectivity index (χ2n) is 4.10. The number of thioether (sulfide) groups is 1. The summed E-state index contributed by atoms with van der Waals surface area (Å²) in [6.45, 7) is 2.03. The zero-order chi connectivity index (χ0) is 13.8. The standard InChI is InChI=1S/C15H14N2OS/c1-10-7-13(4-6-15(10)19-2)18-14-5-3-12(17)8-11(14)9-16/h3-8H,17H2,1-2H3. The highest BCUT2D eigenvalue weighted by molar-refractivity contribution is 7.98. The van der Waals surface area contributed by atoms with Gasteiger partial charge in [0.25, 0.3) is 0 Å². The molecule has 0 fully saturated rings. The average Bonchev–Trinajstić information content (AvgIpc) is 2.41. The van der Waals surface area contributed by atoms with Gasteiger partial charge in [0.15, 0.2) is 0 Å². The summed E-state index contributed by atoms with van der Waals surface area (Å²) in [6.07, 6.45) is 2.04. The van der Waals surface area contributed by atoms with E-state index in [1.54, 1.807) is 30.0 Å². The lowest BCUT2D eigenvalue weighted by atomic mass is 10.2. The molecular weight excluding hydrogens is 256 g/mol. The van der Waals surface area contributed by atoms with Crippen LogP contribution in [0.15, 0.2) is 41.3 Å². The molecule has 3 nitrogen and oxygen atoms in total. The Balaban J connectivity index is 2.31. The third-order valence-corrected chi connectivity index (χ3v) is 3.62. The van der Waals surface area contributed by atoms with E-state index in [-0.39, 0.29) is 0 Å². The van der Waals surface area contributed by atoms with Crippen molar-refractivity contribution in [2.75, 3.05) is 12.0 Å². The molecule has 0 amide bonds. The normalized spacial score (nSPS) is 9.95. The molecule has 0 radical (unpaired) electrons. The van der Waals surface area contributed by atoms with Gasteiger partial charge in [-0.2, -0.15) is 5.26 Å². The van der Waals surface area contributed by atoms with Crippen LogP contribution in [0, 0.1) is 18.3 Å². The van der Waals surface area contributed by atoms with Gasteiger partial charge < -0.3 is 10.5 Å². The van der Waals surface area contributed by atoms with E-state index in [0.717, 1.165) is 11.3 Å². The molecule has 96 valence electrons. The van der Waals surface area contributed by atoms with Crippen LogP contribution in [-0.4, -0.2) is 6.26 Å². The predicted molar refractivity (Wildman–Crippen MR) is 78.6 cm³/mol. The zero-order valence-electron chi connectivity index (χ0n) is 10.8. The van der Waals surface area contributed by atoms with Crippen LogP contribution in [0.1, 0.15) is 11.1 Å². The third-order valence-electron chi connectivity index (χ3n) is 2.72. The number of nitrogens with two attached hydrogens (primary N) is 1. The first-order valence-electron chi connectivity index (χ1n) is 5.76. The molecule has 2 aromatic carbocycles. The number of anilines is 1. The minimum absolute atomic E-state index is 0.437. The molecular formula is C15H14N2OS. The molecule has 0 atom stereocenters. The zero-order valence-corrected chi connectivity index (χ0v) is 11.6. The number of nitrogens with zero attached hydrogens (tertiary/aromatic N) is 1. The van der Waals surface area contributed by atoms with Crippen molar-refractivity contribution in [3.63, 3.8) is 0 Å². The van der Waals surface area contributed by atoms with Crippen LogP contribution in [-0.2, 0) is 0 Å². The minimum Gasteiger partial charge on any atom is -0.456 e. The fraction of sp³-hybridized carbons (Fsp3) is 0.133. The number of nitriles is 1. The van der Waals surface area contributed by atoms with E-state index in [2.05, 4.69) is 6.07 Å². The number of hydrogen-bond acceptors (Lipinski definition) is 4. The Kier molecular flexibility index (Phi) is 3.98. The monoisotopic (exact) mass is 270 g/mol. The van der Waals surface area contributed by atoms with E-state index in [9.17, 15) is 0 Å². The van der Waals surface area contributed by atoms with E-state index >= 15 is 0 Å². The van der Waals surface area contributed by atoms with Gasteiger partial charge in [0.1, 0.15) is 17.6 Å². The van der Waals surface area contributed by atoms with Gasteiger partial charge in [0, 0.05) is 10.6 Å². The second kappa shape index (κ2) is 5.68. The molecule has 0 saturated carbocycles. The summed E-state index contributed by atoms with van der Waals surface area (Å²) in [5, 5.41) is 9.07. The highest BCUT2D eigenvalue weighted by Gasteiger charge is 2.06. The first-order chi connectivity index (χ1) is 9.13. The Hall–Kier alpha value is -2.12. The molecule has 0 spiro atoms. The van der Waals surface area contributed by atoms with E-state index in [1.165, 1.54) is 4.90 Å². The Bertz CT molecular complexity index is 647. The lowest BCUT2D eigenvalue weighted by molar-refractivity contribution is 0.480. The summed E-state index contributed by atoms with van der Waals surface area (Å²) in [6, 6.07) is 13.0. The maximum absolute atomic E-state index is 9.07. The van der Waals surface area contributed by atoms with Gasteiger partial charge in [-0.15, -0.1) is 11.8 Å². The highest BCUT2D eigenvalue weighted by Crippen LogP contribution is 2.30. The van der Waals surface area contributed by atoms with Crippen LogP contribution >= 0.6 is 11.8 Å². The van der Waals surface area contributed by atoms with Crippen LogP contribution in [0.2, 0.25) is 0 Å². The molecule has 0 aliphatic carbocycles. The lowest BCUT2D eigenvalue weighted by Gasteiger charge is -2.10. The van der Waals surface area contributed by atoms with E-state index in [0.29, 0.717) is 17.0 Å². The number of ether oxygens (including phenoxy) is 1. The first-order valence-corrected chi connectivity index (χ1v) is 6.98. The number of rotatable bonds is 3. The van der Waals surface area contributed by atoms with Crippen LogP contribution in [0.25, 0.3) is 0 Å². The van der Waals surface area contributed by atoms with Gasteiger partial charge in [-0.05, 0) is 55.1 Å². The number of benzene rings is 2.